The number of hydrogen-bond acceptors (Lipinski definition) is 6. The first-order valence-electron chi connectivity index (χ1n) is 9.05. The summed E-state index contributed by atoms with van der Waals surface area (Å²) in [6, 6.07) is 5.93. The lowest BCUT2D eigenvalue weighted by molar-refractivity contribution is 0.267. The molecule has 1 aliphatic heterocycles. The maximum atomic E-state index is 9.31. The lowest BCUT2D eigenvalue weighted by Crippen LogP contribution is -2.29. The molecule has 142 valence electrons. The predicted octanol–water partition coefficient (Wildman–Crippen LogP) is 3.99. The van der Waals surface area contributed by atoms with Crippen LogP contribution in [0.15, 0.2) is 37.2 Å². The lowest BCUT2D eigenvalue weighted by Gasteiger charge is -2.31. The van der Waals surface area contributed by atoms with Crippen molar-refractivity contribution in [3.05, 3.63) is 53.9 Å². The van der Waals surface area contributed by atoms with E-state index in [2.05, 4.69) is 43.0 Å². The van der Waals surface area contributed by atoms with E-state index in [-0.39, 0.29) is 12.1 Å². The zero-order chi connectivity index (χ0) is 19.6. The summed E-state index contributed by atoms with van der Waals surface area (Å²) < 4.78 is 0. The maximum Gasteiger partial charge on any atom is 0.138 e. The predicted molar refractivity (Wildman–Crippen MR) is 112 cm³/mol. The van der Waals surface area contributed by atoms with Gasteiger partial charge in [0.2, 0.25) is 0 Å². The van der Waals surface area contributed by atoms with E-state index in [1.807, 2.05) is 42.3 Å². The van der Waals surface area contributed by atoms with Crippen molar-refractivity contribution in [2.24, 2.45) is 0 Å². The topological polar surface area (TPSA) is 73.3 Å². The van der Waals surface area contributed by atoms with Crippen molar-refractivity contribution in [3.8, 4) is 0 Å². The van der Waals surface area contributed by atoms with Gasteiger partial charge in [-0.1, -0.05) is 6.58 Å². The molecule has 0 radical (unpaired) electrons. The number of aromatic nitrogens is 2. The fraction of sp³-hybridized carbons (Fsp3) is 0.333. The van der Waals surface area contributed by atoms with Crippen LogP contribution in [-0.4, -0.2) is 38.7 Å². The Morgan fingerprint density at radius 1 is 1.22 bits per heavy atom. The molecule has 2 aromatic heterocycles. The molecule has 27 heavy (non-hydrogen) atoms. The van der Waals surface area contributed by atoms with E-state index in [9.17, 15) is 5.11 Å². The van der Waals surface area contributed by atoms with Crippen LogP contribution in [0.2, 0.25) is 0 Å². The molecule has 3 N–H and O–H groups in total. The zero-order valence-corrected chi connectivity index (χ0v) is 16.4. The van der Waals surface area contributed by atoms with Crippen LogP contribution in [0.25, 0.3) is 11.8 Å². The third-order valence-electron chi connectivity index (χ3n) is 4.13. The number of anilines is 3. The SMILES string of the molecule is C=C1c2c(cc(Nc3cc(C)ccn3)nc2NC(C)(C)C)C=CN1CCO. The molecular formula is C21H27N5O. The molecule has 0 atom stereocenters. The second kappa shape index (κ2) is 7.40. The van der Waals surface area contributed by atoms with Crippen LogP contribution in [0.4, 0.5) is 17.5 Å². The highest BCUT2D eigenvalue weighted by atomic mass is 16.3. The second-order valence-electron chi connectivity index (χ2n) is 7.72. The monoisotopic (exact) mass is 365 g/mol. The Morgan fingerprint density at radius 2 is 2.00 bits per heavy atom. The van der Waals surface area contributed by atoms with Crippen molar-refractivity contribution < 1.29 is 5.11 Å². The molecule has 2 aromatic rings. The molecule has 0 saturated heterocycles. The number of hydrogen-bond donors (Lipinski definition) is 3. The molecule has 3 heterocycles. The molecule has 6 nitrogen and oxygen atoms in total. The molecule has 1 aliphatic rings. The van der Waals surface area contributed by atoms with Gasteiger partial charge in [-0.25, -0.2) is 9.97 Å². The van der Waals surface area contributed by atoms with Crippen molar-refractivity contribution in [2.45, 2.75) is 33.2 Å². The Bertz CT molecular complexity index is 883. The van der Waals surface area contributed by atoms with Gasteiger partial charge in [-0.3, -0.25) is 0 Å². The Hall–Kier alpha value is -2.86. The van der Waals surface area contributed by atoms with E-state index in [0.717, 1.165) is 34.0 Å². The van der Waals surface area contributed by atoms with E-state index < -0.39 is 0 Å². The third kappa shape index (κ3) is 4.46. The van der Waals surface area contributed by atoms with E-state index in [4.69, 9.17) is 4.98 Å². The fourth-order valence-electron chi connectivity index (χ4n) is 2.97. The molecule has 0 aromatic carbocycles. The van der Waals surface area contributed by atoms with E-state index in [1.165, 1.54) is 0 Å². The average Bonchev–Trinajstić information content (AvgIpc) is 2.56. The smallest absolute Gasteiger partial charge is 0.138 e. The first-order valence-corrected chi connectivity index (χ1v) is 9.05. The Morgan fingerprint density at radius 3 is 2.67 bits per heavy atom. The van der Waals surface area contributed by atoms with Crippen molar-refractivity contribution in [3.63, 3.8) is 0 Å². The fourth-order valence-corrected chi connectivity index (χ4v) is 2.97. The Kier molecular flexibility index (Phi) is 5.19. The largest absolute Gasteiger partial charge is 0.395 e. The van der Waals surface area contributed by atoms with Gasteiger partial charge >= 0.3 is 0 Å². The summed E-state index contributed by atoms with van der Waals surface area (Å²) in [5, 5.41) is 16.1. The number of nitrogens with zero attached hydrogens (tertiary/aromatic N) is 3. The first kappa shape index (κ1) is 18.9. The van der Waals surface area contributed by atoms with Gasteiger partial charge in [0.15, 0.2) is 0 Å². The number of aliphatic hydroxyl groups excluding tert-OH is 1. The molecule has 6 heteroatoms. The zero-order valence-electron chi connectivity index (χ0n) is 16.4. The standard InChI is InChI=1S/C21H27N5O/c1-14-6-8-22-17(12-14)23-18-13-16-7-9-26(10-11-27)15(2)19(16)20(24-18)25-21(3,4)5/h6-9,12-13,27H,2,10-11H2,1,3-5H3,(H2,22,23,24,25). The molecular weight excluding hydrogens is 338 g/mol. The summed E-state index contributed by atoms with van der Waals surface area (Å²) in [4.78, 5) is 11.1. The van der Waals surface area contributed by atoms with Gasteiger partial charge in [0, 0.05) is 35.7 Å². The molecule has 0 saturated carbocycles. The van der Waals surface area contributed by atoms with Crippen LogP contribution < -0.4 is 10.6 Å². The number of rotatable bonds is 5. The highest BCUT2D eigenvalue weighted by Crippen LogP contribution is 2.36. The van der Waals surface area contributed by atoms with Gasteiger partial charge < -0.3 is 20.6 Å². The molecule has 0 bridgehead atoms. The van der Waals surface area contributed by atoms with Crippen molar-refractivity contribution >= 4 is 29.2 Å². The van der Waals surface area contributed by atoms with E-state index in [1.54, 1.807) is 6.20 Å². The van der Waals surface area contributed by atoms with Gasteiger partial charge in [0.1, 0.15) is 17.5 Å². The van der Waals surface area contributed by atoms with Crippen LogP contribution in [0.5, 0.6) is 0 Å². The number of β-amino-alcohol motifs (C(OH)–C–C–N with tert-alkyl or cyclic N) is 1. The highest BCUT2D eigenvalue weighted by Gasteiger charge is 2.23. The number of fused-ring (bicyclic) bond motifs is 1. The second-order valence-corrected chi connectivity index (χ2v) is 7.72. The number of nitrogens with one attached hydrogen (secondary N) is 2. The van der Waals surface area contributed by atoms with Gasteiger partial charge in [-0.05, 0) is 63.1 Å². The van der Waals surface area contributed by atoms with Crippen molar-refractivity contribution in [2.75, 3.05) is 23.8 Å². The number of aryl methyl sites for hydroxylation is 1. The van der Waals surface area contributed by atoms with Gasteiger partial charge in [-0.2, -0.15) is 0 Å². The molecule has 0 unspecified atom stereocenters. The molecule has 0 aliphatic carbocycles. The molecule has 3 rings (SSSR count). The molecule has 0 spiro atoms. The van der Waals surface area contributed by atoms with Crippen LogP contribution in [0.1, 0.15) is 37.5 Å². The van der Waals surface area contributed by atoms with Crippen LogP contribution in [0.3, 0.4) is 0 Å². The minimum Gasteiger partial charge on any atom is -0.395 e. The normalized spacial score (nSPS) is 13.5. The van der Waals surface area contributed by atoms with Crippen LogP contribution >= 0.6 is 0 Å². The third-order valence-corrected chi connectivity index (χ3v) is 4.13. The highest BCUT2D eigenvalue weighted by molar-refractivity contribution is 5.85. The van der Waals surface area contributed by atoms with E-state index in [0.29, 0.717) is 12.4 Å². The number of pyridine rings is 2. The molecule has 0 amide bonds. The summed E-state index contributed by atoms with van der Waals surface area (Å²) in [7, 11) is 0. The van der Waals surface area contributed by atoms with Gasteiger partial charge in [-0.15, -0.1) is 0 Å². The van der Waals surface area contributed by atoms with E-state index >= 15 is 0 Å². The number of aliphatic hydroxyl groups is 1. The minimum absolute atomic E-state index is 0.0623. The minimum atomic E-state index is -0.162. The molecule has 0 fully saturated rings. The first-order chi connectivity index (χ1) is 12.8. The lowest BCUT2D eigenvalue weighted by atomic mass is 10.0. The van der Waals surface area contributed by atoms with Gasteiger partial charge in [0.25, 0.3) is 0 Å². The summed E-state index contributed by atoms with van der Waals surface area (Å²) in [5.41, 5.74) is 3.76. The quantitative estimate of drug-likeness (QED) is 0.744. The summed E-state index contributed by atoms with van der Waals surface area (Å²) in [5.74, 6) is 2.23. The Labute approximate surface area is 160 Å². The Balaban J connectivity index is 2.03. The summed E-state index contributed by atoms with van der Waals surface area (Å²) in [6.45, 7) is 13.1. The van der Waals surface area contributed by atoms with Crippen LogP contribution in [0, 0.1) is 6.92 Å². The maximum absolute atomic E-state index is 9.31. The summed E-state index contributed by atoms with van der Waals surface area (Å²) >= 11 is 0. The van der Waals surface area contributed by atoms with Crippen LogP contribution in [-0.2, 0) is 0 Å². The average molecular weight is 365 g/mol. The summed E-state index contributed by atoms with van der Waals surface area (Å²) in [6.07, 6.45) is 5.74. The van der Waals surface area contributed by atoms with Gasteiger partial charge in [0.05, 0.1) is 6.61 Å². The van der Waals surface area contributed by atoms with Crippen molar-refractivity contribution in [1.82, 2.24) is 14.9 Å². The van der Waals surface area contributed by atoms with Crippen molar-refractivity contribution in [1.29, 1.82) is 0 Å².